The highest BCUT2D eigenvalue weighted by atomic mass is 15.2. The normalized spacial score (nSPS) is 13.0. The molecule has 0 radical (unpaired) electrons. The number of nitrogens with one attached hydrogen (secondary N) is 1. The summed E-state index contributed by atoms with van der Waals surface area (Å²) in [5.41, 5.74) is 14.0. The van der Waals surface area contributed by atoms with Gasteiger partial charge in [-0.25, -0.2) is 0 Å². The van der Waals surface area contributed by atoms with E-state index in [0.717, 1.165) is 28.0 Å². The maximum atomic E-state index is 5.75. The van der Waals surface area contributed by atoms with Gasteiger partial charge in [0.1, 0.15) is 0 Å². The van der Waals surface area contributed by atoms with Crippen molar-refractivity contribution < 1.29 is 0 Å². The third kappa shape index (κ3) is 4.23. The molecule has 0 saturated heterocycles. The summed E-state index contributed by atoms with van der Waals surface area (Å²) >= 11 is 0. The maximum Gasteiger partial charge on any atom is 0.0638 e. The number of allylic oxidation sites excluding steroid dienone is 6. The molecule has 0 bridgehead atoms. The molecule has 0 spiro atoms. The molecule has 0 amide bonds. The van der Waals surface area contributed by atoms with Gasteiger partial charge in [-0.3, -0.25) is 5.84 Å². The van der Waals surface area contributed by atoms with E-state index in [1.807, 2.05) is 44.2 Å². The molecule has 0 aromatic heterocycles. The molecular weight excluding hydrogens is 258 g/mol. The van der Waals surface area contributed by atoms with Gasteiger partial charge in [-0.05, 0) is 42.8 Å². The number of aryl methyl sites for hydroxylation is 1. The molecule has 1 rings (SSSR count). The fourth-order valence-corrected chi connectivity index (χ4v) is 2.08. The molecular formula is C18H23N3. The second-order valence-electron chi connectivity index (χ2n) is 4.76. The number of benzene rings is 1. The second kappa shape index (κ2) is 7.92. The largest absolute Gasteiger partial charge is 0.405 e. The molecule has 5 N–H and O–H groups in total. The molecule has 0 unspecified atom stereocenters. The van der Waals surface area contributed by atoms with Crippen LogP contribution in [0.3, 0.4) is 0 Å². The lowest BCUT2D eigenvalue weighted by Crippen LogP contribution is -2.22. The summed E-state index contributed by atoms with van der Waals surface area (Å²) in [5.74, 6) is 5.75. The van der Waals surface area contributed by atoms with E-state index in [2.05, 4.69) is 18.6 Å². The van der Waals surface area contributed by atoms with Gasteiger partial charge in [0.05, 0.1) is 5.70 Å². The van der Waals surface area contributed by atoms with Crippen LogP contribution in [0.15, 0.2) is 78.6 Å². The topological polar surface area (TPSA) is 64.1 Å². The van der Waals surface area contributed by atoms with Gasteiger partial charge in [0, 0.05) is 5.57 Å². The number of rotatable bonds is 6. The molecule has 1 aromatic carbocycles. The van der Waals surface area contributed by atoms with E-state index >= 15 is 0 Å². The van der Waals surface area contributed by atoms with Crippen LogP contribution < -0.4 is 17.0 Å². The van der Waals surface area contributed by atoms with E-state index in [1.54, 1.807) is 12.2 Å². The number of hydrogen-bond donors (Lipinski definition) is 3. The second-order valence-corrected chi connectivity index (χ2v) is 4.76. The molecule has 21 heavy (non-hydrogen) atoms. The van der Waals surface area contributed by atoms with Crippen molar-refractivity contribution in [1.29, 1.82) is 0 Å². The van der Waals surface area contributed by atoms with Gasteiger partial charge in [0.25, 0.3) is 0 Å². The van der Waals surface area contributed by atoms with Gasteiger partial charge in [0.15, 0.2) is 0 Å². The first kappa shape index (κ1) is 16.5. The monoisotopic (exact) mass is 281 g/mol. The van der Waals surface area contributed by atoms with Crippen LogP contribution in [0.25, 0.3) is 5.70 Å². The maximum absolute atomic E-state index is 5.75. The van der Waals surface area contributed by atoms with Crippen LogP contribution in [-0.2, 0) is 0 Å². The van der Waals surface area contributed by atoms with Gasteiger partial charge in [-0.15, -0.1) is 0 Å². The van der Waals surface area contributed by atoms with Crippen LogP contribution in [0.1, 0.15) is 18.1 Å². The third-order valence-electron chi connectivity index (χ3n) is 3.02. The molecule has 0 aliphatic heterocycles. The van der Waals surface area contributed by atoms with Crippen molar-refractivity contribution in [3.8, 4) is 0 Å². The van der Waals surface area contributed by atoms with E-state index in [0.29, 0.717) is 0 Å². The standard InChI is InChI=1S/C18H23N3/c1-5-6-15(11-12-19)17(13(2)3)18(21-20)16-9-7-14(4)8-10-16/h5-12,21H,1-2,19-20H2,3-4H3/b12-11-,15-6+,18-17+. The molecule has 3 nitrogen and oxygen atoms in total. The lowest BCUT2D eigenvalue weighted by atomic mass is 9.93. The Morgan fingerprint density at radius 3 is 2.29 bits per heavy atom. The summed E-state index contributed by atoms with van der Waals surface area (Å²) in [5, 5.41) is 0. The van der Waals surface area contributed by atoms with Crippen LogP contribution in [0.4, 0.5) is 0 Å². The highest BCUT2D eigenvalue weighted by Crippen LogP contribution is 2.27. The minimum absolute atomic E-state index is 0.800. The Morgan fingerprint density at radius 2 is 1.86 bits per heavy atom. The van der Waals surface area contributed by atoms with Gasteiger partial charge in [0.2, 0.25) is 0 Å². The summed E-state index contributed by atoms with van der Waals surface area (Å²) in [6.45, 7) is 11.8. The van der Waals surface area contributed by atoms with Crippen LogP contribution in [0, 0.1) is 6.92 Å². The Bertz CT molecular complexity index is 602. The molecule has 0 aliphatic carbocycles. The van der Waals surface area contributed by atoms with Crippen molar-refractivity contribution in [2.75, 3.05) is 0 Å². The van der Waals surface area contributed by atoms with Crippen molar-refractivity contribution in [1.82, 2.24) is 5.43 Å². The van der Waals surface area contributed by atoms with Crippen LogP contribution in [-0.4, -0.2) is 0 Å². The van der Waals surface area contributed by atoms with Crippen LogP contribution in [0.5, 0.6) is 0 Å². The third-order valence-corrected chi connectivity index (χ3v) is 3.02. The summed E-state index contributed by atoms with van der Waals surface area (Å²) in [4.78, 5) is 0. The van der Waals surface area contributed by atoms with Crippen LogP contribution >= 0.6 is 0 Å². The average molecular weight is 281 g/mol. The number of hydrogen-bond acceptors (Lipinski definition) is 3. The van der Waals surface area contributed by atoms with Crippen molar-refractivity contribution >= 4 is 5.70 Å². The molecule has 0 aliphatic rings. The quantitative estimate of drug-likeness (QED) is 0.426. The molecule has 3 heteroatoms. The van der Waals surface area contributed by atoms with Gasteiger partial charge in [-0.1, -0.05) is 55.1 Å². The highest BCUT2D eigenvalue weighted by molar-refractivity contribution is 5.76. The SMILES string of the molecule is C=C/C=C(\C=C/N)C(/C(=C)C)=C(/NN)c1ccc(C)cc1. The Labute approximate surface area is 127 Å². The lowest BCUT2D eigenvalue weighted by Gasteiger charge is -2.17. The summed E-state index contributed by atoms with van der Waals surface area (Å²) in [6, 6.07) is 8.12. The van der Waals surface area contributed by atoms with E-state index < -0.39 is 0 Å². The Kier molecular flexibility index (Phi) is 6.24. The first-order valence-electron chi connectivity index (χ1n) is 6.70. The minimum Gasteiger partial charge on any atom is -0.405 e. The summed E-state index contributed by atoms with van der Waals surface area (Å²) in [6.07, 6.45) is 6.87. The fraction of sp³-hybridized carbons (Fsp3) is 0.111. The zero-order chi connectivity index (χ0) is 15.8. The van der Waals surface area contributed by atoms with Crippen molar-refractivity contribution in [3.63, 3.8) is 0 Å². The molecule has 1 aromatic rings. The van der Waals surface area contributed by atoms with Crippen molar-refractivity contribution in [2.24, 2.45) is 11.6 Å². The average Bonchev–Trinajstić information content (AvgIpc) is 2.45. The summed E-state index contributed by atoms with van der Waals surface area (Å²) < 4.78 is 0. The van der Waals surface area contributed by atoms with Gasteiger partial charge >= 0.3 is 0 Å². The predicted octanol–water partition coefficient (Wildman–Crippen LogP) is 3.33. The molecule has 0 atom stereocenters. The fourth-order valence-electron chi connectivity index (χ4n) is 2.08. The number of hydrazine groups is 1. The molecule has 0 heterocycles. The summed E-state index contributed by atoms with van der Waals surface area (Å²) in [7, 11) is 0. The smallest absolute Gasteiger partial charge is 0.0638 e. The van der Waals surface area contributed by atoms with Crippen molar-refractivity contribution in [2.45, 2.75) is 13.8 Å². The zero-order valence-corrected chi connectivity index (χ0v) is 12.7. The van der Waals surface area contributed by atoms with E-state index in [-0.39, 0.29) is 0 Å². The first-order chi connectivity index (χ1) is 10.0. The molecule has 110 valence electrons. The van der Waals surface area contributed by atoms with Gasteiger partial charge in [-0.2, -0.15) is 0 Å². The minimum atomic E-state index is 0.800. The van der Waals surface area contributed by atoms with E-state index in [1.165, 1.54) is 11.8 Å². The van der Waals surface area contributed by atoms with Crippen molar-refractivity contribution in [3.05, 3.63) is 89.7 Å². The predicted molar refractivity (Wildman–Crippen MR) is 91.8 cm³/mol. The molecule has 0 saturated carbocycles. The Hall–Kier alpha value is -2.52. The highest BCUT2D eigenvalue weighted by Gasteiger charge is 2.12. The Morgan fingerprint density at radius 1 is 1.24 bits per heavy atom. The zero-order valence-electron chi connectivity index (χ0n) is 12.7. The van der Waals surface area contributed by atoms with E-state index in [9.17, 15) is 0 Å². The Balaban J connectivity index is 3.57. The number of nitrogens with two attached hydrogens (primary N) is 2. The molecule has 0 fully saturated rings. The lowest BCUT2D eigenvalue weighted by molar-refractivity contribution is 0.981. The van der Waals surface area contributed by atoms with E-state index in [4.69, 9.17) is 11.6 Å². The van der Waals surface area contributed by atoms with Crippen LogP contribution in [0.2, 0.25) is 0 Å². The van der Waals surface area contributed by atoms with Gasteiger partial charge < -0.3 is 11.2 Å². The first-order valence-corrected chi connectivity index (χ1v) is 6.70.